The molecule has 0 radical (unpaired) electrons. The third-order valence-corrected chi connectivity index (χ3v) is 4.49. The molecular weight excluding hydrogens is 326 g/mol. The van der Waals surface area contributed by atoms with E-state index in [1.165, 1.54) is 25.8 Å². The number of thioether (sulfide) groups is 1. The molecule has 1 amide bonds. The first-order chi connectivity index (χ1) is 11.5. The van der Waals surface area contributed by atoms with Crippen LogP contribution in [0.1, 0.15) is 31.7 Å². The molecule has 1 unspecified atom stereocenters. The van der Waals surface area contributed by atoms with E-state index in [9.17, 15) is 14.4 Å². The van der Waals surface area contributed by atoms with Crippen molar-refractivity contribution in [2.45, 2.75) is 32.6 Å². The highest BCUT2D eigenvalue weighted by molar-refractivity contribution is 8.13. The normalized spacial score (nSPS) is 11.6. The van der Waals surface area contributed by atoms with Crippen LogP contribution in [0.25, 0.3) is 0 Å². The van der Waals surface area contributed by atoms with Crippen LogP contribution in [0, 0.1) is 5.92 Å². The molecule has 6 heteroatoms. The maximum Gasteiger partial charge on any atom is 0.305 e. The molecule has 1 rings (SSSR count). The number of benzene rings is 1. The summed E-state index contributed by atoms with van der Waals surface area (Å²) in [6, 6.07) is 9.78. The molecule has 0 heterocycles. The van der Waals surface area contributed by atoms with Crippen molar-refractivity contribution in [1.29, 1.82) is 0 Å². The summed E-state index contributed by atoms with van der Waals surface area (Å²) in [5, 5.41) is 2.92. The molecule has 0 aliphatic carbocycles. The lowest BCUT2D eigenvalue weighted by Gasteiger charge is -2.16. The molecule has 132 valence electrons. The van der Waals surface area contributed by atoms with E-state index < -0.39 is 0 Å². The van der Waals surface area contributed by atoms with Crippen molar-refractivity contribution in [2.24, 2.45) is 5.92 Å². The van der Waals surface area contributed by atoms with Gasteiger partial charge >= 0.3 is 5.97 Å². The zero-order chi connectivity index (χ0) is 17.8. The first-order valence-corrected chi connectivity index (χ1v) is 9.03. The van der Waals surface area contributed by atoms with E-state index >= 15 is 0 Å². The fraction of sp³-hybridized carbons (Fsp3) is 0.500. The second-order valence-electron chi connectivity index (χ2n) is 5.51. The fourth-order valence-electron chi connectivity index (χ4n) is 2.20. The molecule has 0 aromatic heterocycles. The van der Waals surface area contributed by atoms with Crippen LogP contribution >= 0.6 is 11.8 Å². The smallest absolute Gasteiger partial charge is 0.305 e. The minimum atomic E-state index is -0.248. The standard InChI is InChI=1S/C18H25NO4S/c1-14(20)24-13-16(12-15-8-4-3-5-9-15)18(22)19-11-7-6-10-17(21)23-2/h3-5,8-9,16H,6-7,10-13H2,1-2H3,(H,19,22). The number of carbonyl (C=O) groups is 3. The van der Waals surface area contributed by atoms with Crippen LogP contribution in [0.15, 0.2) is 30.3 Å². The second-order valence-corrected chi connectivity index (χ2v) is 6.71. The molecule has 1 atom stereocenters. The van der Waals surface area contributed by atoms with Gasteiger partial charge < -0.3 is 10.1 Å². The van der Waals surface area contributed by atoms with Gasteiger partial charge in [0.15, 0.2) is 5.12 Å². The topological polar surface area (TPSA) is 72.5 Å². The summed E-state index contributed by atoms with van der Waals surface area (Å²) < 4.78 is 4.58. The van der Waals surface area contributed by atoms with Crippen molar-refractivity contribution in [1.82, 2.24) is 5.32 Å². The van der Waals surface area contributed by atoms with Crippen molar-refractivity contribution in [2.75, 3.05) is 19.4 Å². The third-order valence-electron chi connectivity index (χ3n) is 3.52. The average Bonchev–Trinajstić information content (AvgIpc) is 2.58. The van der Waals surface area contributed by atoms with Crippen LogP contribution < -0.4 is 5.32 Å². The minimum Gasteiger partial charge on any atom is -0.469 e. The predicted octanol–water partition coefficient (Wildman–Crippen LogP) is 2.58. The molecule has 1 aromatic rings. The third kappa shape index (κ3) is 8.72. The van der Waals surface area contributed by atoms with Crippen molar-refractivity contribution >= 4 is 28.8 Å². The van der Waals surface area contributed by atoms with Crippen LogP contribution in [-0.2, 0) is 25.5 Å². The van der Waals surface area contributed by atoms with Gasteiger partial charge in [0, 0.05) is 25.6 Å². The van der Waals surface area contributed by atoms with Gasteiger partial charge in [-0.05, 0) is 24.8 Å². The molecule has 0 spiro atoms. The number of carbonyl (C=O) groups excluding carboxylic acids is 3. The number of methoxy groups -OCH3 is 1. The Kier molecular flexibility index (Phi) is 9.84. The number of unbranched alkanes of at least 4 members (excludes halogenated alkanes) is 1. The average molecular weight is 351 g/mol. The molecule has 1 aromatic carbocycles. The second kappa shape index (κ2) is 11.7. The fourth-order valence-corrected chi connectivity index (χ4v) is 2.90. The first-order valence-electron chi connectivity index (χ1n) is 8.04. The van der Waals surface area contributed by atoms with Crippen LogP contribution in [0.2, 0.25) is 0 Å². The Hall–Kier alpha value is -1.82. The molecule has 1 N–H and O–H groups in total. The maximum absolute atomic E-state index is 12.4. The zero-order valence-corrected chi connectivity index (χ0v) is 15.1. The van der Waals surface area contributed by atoms with Gasteiger partial charge in [0.05, 0.1) is 13.0 Å². The molecule has 0 saturated heterocycles. The number of esters is 1. The summed E-state index contributed by atoms with van der Waals surface area (Å²) in [5.74, 6) is -0.0631. The molecule has 24 heavy (non-hydrogen) atoms. The highest BCUT2D eigenvalue weighted by Crippen LogP contribution is 2.16. The van der Waals surface area contributed by atoms with E-state index in [1.54, 1.807) is 0 Å². The lowest BCUT2D eigenvalue weighted by Crippen LogP contribution is -2.34. The van der Waals surface area contributed by atoms with E-state index in [4.69, 9.17) is 0 Å². The Morgan fingerprint density at radius 1 is 1.17 bits per heavy atom. The SMILES string of the molecule is COC(=O)CCCCNC(=O)C(CSC(C)=O)Cc1ccccc1. The molecule has 0 saturated carbocycles. The van der Waals surface area contributed by atoms with Gasteiger partial charge in [-0.2, -0.15) is 0 Å². The summed E-state index contributed by atoms with van der Waals surface area (Å²) in [5.41, 5.74) is 1.08. The molecule has 0 bridgehead atoms. The lowest BCUT2D eigenvalue weighted by molar-refractivity contribution is -0.140. The highest BCUT2D eigenvalue weighted by atomic mass is 32.2. The molecule has 5 nitrogen and oxygen atoms in total. The van der Waals surface area contributed by atoms with E-state index in [0.717, 1.165) is 12.0 Å². The summed E-state index contributed by atoms with van der Waals surface area (Å²) in [6.45, 7) is 2.03. The van der Waals surface area contributed by atoms with Crippen LogP contribution in [0.5, 0.6) is 0 Å². The van der Waals surface area contributed by atoms with Crippen molar-refractivity contribution in [3.8, 4) is 0 Å². The largest absolute Gasteiger partial charge is 0.469 e. The van der Waals surface area contributed by atoms with Gasteiger partial charge in [-0.1, -0.05) is 42.1 Å². The van der Waals surface area contributed by atoms with E-state index in [2.05, 4.69) is 10.1 Å². The van der Waals surface area contributed by atoms with Crippen molar-refractivity contribution in [3.05, 3.63) is 35.9 Å². The predicted molar refractivity (Wildman–Crippen MR) is 95.7 cm³/mol. The summed E-state index contributed by atoms with van der Waals surface area (Å²) in [4.78, 5) is 34.6. The van der Waals surface area contributed by atoms with Gasteiger partial charge in [0.25, 0.3) is 0 Å². The van der Waals surface area contributed by atoms with Crippen molar-refractivity contribution < 1.29 is 19.1 Å². The Morgan fingerprint density at radius 2 is 1.88 bits per heavy atom. The Labute approximate surface area is 147 Å². The van der Waals surface area contributed by atoms with Crippen LogP contribution in [-0.4, -0.2) is 36.4 Å². The minimum absolute atomic E-state index is 0.0129. The van der Waals surface area contributed by atoms with Gasteiger partial charge in [-0.3, -0.25) is 14.4 Å². The van der Waals surface area contributed by atoms with Crippen LogP contribution in [0.4, 0.5) is 0 Å². The Morgan fingerprint density at radius 3 is 2.50 bits per heavy atom. The summed E-state index contributed by atoms with van der Waals surface area (Å²) in [6.07, 6.45) is 2.37. The maximum atomic E-state index is 12.4. The van der Waals surface area contributed by atoms with Gasteiger partial charge in [-0.25, -0.2) is 0 Å². The number of hydrogen-bond acceptors (Lipinski definition) is 5. The number of ether oxygens (including phenoxy) is 1. The van der Waals surface area contributed by atoms with Gasteiger partial charge in [-0.15, -0.1) is 0 Å². The number of hydrogen-bond donors (Lipinski definition) is 1. The van der Waals surface area contributed by atoms with E-state index in [1.807, 2.05) is 30.3 Å². The van der Waals surface area contributed by atoms with Gasteiger partial charge in [0.2, 0.25) is 5.91 Å². The van der Waals surface area contributed by atoms with Gasteiger partial charge in [0.1, 0.15) is 0 Å². The van der Waals surface area contributed by atoms with E-state index in [-0.39, 0.29) is 22.9 Å². The van der Waals surface area contributed by atoms with Crippen molar-refractivity contribution in [3.63, 3.8) is 0 Å². The molecule has 0 aliphatic rings. The van der Waals surface area contributed by atoms with Crippen LogP contribution in [0.3, 0.4) is 0 Å². The number of amides is 1. The lowest BCUT2D eigenvalue weighted by atomic mass is 10.00. The summed E-state index contributed by atoms with van der Waals surface area (Å²) in [7, 11) is 1.37. The summed E-state index contributed by atoms with van der Waals surface area (Å²) >= 11 is 1.18. The van der Waals surface area contributed by atoms with E-state index in [0.29, 0.717) is 31.6 Å². The monoisotopic (exact) mass is 351 g/mol. The zero-order valence-electron chi connectivity index (χ0n) is 14.2. The number of nitrogens with one attached hydrogen (secondary N) is 1. The highest BCUT2D eigenvalue weighted by Gasteiger charge is 2.19. The number of rotatable bonds is 10. The Bertz CT molecular complexity index is 533. The molecule has 0 fully saturated rings. The first kappa shape index (κ1) is 20.2. The quantitative estimate of drug-likeness (QED) is 0.518. The molecule has 0 aliphatic heterocycles. The Balaban J connectivity index is 2.44. The molecular formula is C18H25NO4S.